The van der Waals surface area contributed by atoms with Gasteiger partial charge in [-0.2, -0.15) is 13.2 Å². The Morgan fingerprint density at radius 2 is 1.76 bits per heavy atom. The van der Waals surface area contributed by atoms with Crippen molar-refractivity contribution in [2.75, 3.05) is 5.32 Å². The minimum atomic E-state index is -4.46. The number of halogens is 3. The lowest BCUT2D eigenvalue weighted by molar-refractivity contribution is -0.137. The fourth-order valence-electron chi connectivity index (χ4n) is 5.20. The zero-order chi connectivity index (χ0) is 29.4. The Hall–Kier alpha value is -4.80. The summed E-state index contributed by atoms with van der Waals surface area (Å²) in [4.78, 5) is 29.8. The van der Waals surface area contributed by atoms with Gasteiger partial charge in [0.05, 0.1) is 5.56 Å². The van der Waals surface area contributed by atoms with Crippen molar-refractivity contribution in [3.63, 3.8) is 0 Å². The number of nitrogens with zero attached hydrogens (tertiary/aromatic N) is 5. The summed E-state index contributed by atoms with van der Waals surface area (Å²) in [6.45, 7) is 2.16. The van der Waals surface area contributed by atoms with E-state index in [1.165, 1.54) is 12.1 Å². The molecule has 6 rings (SSSR count). The van der Waals surface area contributed by atoms with E-state index in [4.69, 9.17) is 4.98 Å². The van der Waals surface area contributed by atoms with Crippen LogP contribution in [0.1, 0.15) is 47.9 Å². The number of hydrogen-bond donors (Lipinski definition) is 2. The summed E-state index contributed by atoms with van der Waals surface area (Å²) in [5.41, 5.74) is 2.80. The minimum absolute atomic E-state index is 0.0101. The standard InChI is InChI=1S/C31H27F3N6O2/c1-18(20-8-5-9-20)36-26-25-27(38-28(37-26)30(41)42)39-29(24-16-22(14-15-35-24)21-6-3-2-4-7-21)40(25)17-19-10-12-23(13-11-19)31(32,33)34/h2-4,6-7,10-16,18,20H,5,8-9,17H2,1H3,(H,41,42)(H,36,37,38). The molecule has 0 spiro atoms. The number of anilines is 1. The van der Waals surface area contributed by atoms with E-state index in [0.29, 0.717) is 34.3 Å². The number of imidazole rings is 1. The number of nitrogens with one attached hydrogen (secondary N) is 1. The zero-order valence-corrected chi connectivity index (χ0v) is 22.6. The number of alkyl halides is 3. The summed E-state index contributed by atoms with van der Waals surface area (Å²) < 4.78 is 41.5. The monoisotopic (exact) mass is 572 g/mol. The number of carbonyl (C=O) groups is 1. The van der Waals surface area contributed by atoms with E-state index in [1.54, 1.807) is 10.8 Å². The van der Waals surface area contributed by atoms with Gasteiger partial charge < -0.3 is 15.0 Å². The van der Waals surface area contributed by atoms with Gasteiger partial charge in [0.15, 0.2) is 17.3 Å². The molecule has 214 valence electrons. The molecule has 3 heterocycles. The average Bonchev–Trinajstić information content (AvgIpc) is 3.31. The van der Waals surface area contributed by atoms with Crippen LogP contribution < -0.4 is 5.32 Å². The Labute approximate surface area is 239 Å². The molecule has 42 heavy (non-hydrogen) atoms. The fourth-order valence-corrected chi connectivity index (χ4v) is 5.20. The molecule has 1 fully saturated rings. The van der Waals surface area contributed by atoms with Gasteiger partial charge in [0.25, 0.3) is 0 Å². The van der Waals surface area contributed by atoms with Crippen LogP contribution in [0, 0.1) is 5.92 Å². The number of hydrogen-bond acceptors (Lipinski definition) is 6. The van der Waals surface area contributed by atoms with Gasteiger partial charge >= 0.3 is 12.1 Å². The van der Waals surface area contributed by atoms with Crippen molar-refractivity contribution in [1.29, 1.82) is 0 Å². The van der Waals surface area contributed by atoms with E-state index in [-0.39, 0.29) is 18.2 Å². The highest BCUT2D eigenvalue weighted by molar-refractivity contribution is 5.92. The molecule has 0 amide bonds. The molecule has 1 atom stereocenters. The van der Waals surface area contributed by atoms with Crippen LogP contribution in [0.15, 0.2) is 72.9 Å². The summed E-state index contributed by atoms with van der Waals surface area (Å²) in [6, 6.07) is 18.4. The summed E-state index contributed by atoms with van der Waals surface area (Å²) in [5, 5.41) is 13.2. The van der Waals surface area contributed by atoms with Gasteiger partial charge in [-0.15, -0.1) is 0 Å². The van der Waals surface area contributed by atoms with Gasteiger partial charge in [-0.1, -0.05) is 48.9 Å². The largest absolute Gasteiger partial charge is 0.475 e. The predicted molar refractivity (Wildman–Crippen MR) is 152 cm³/mol. The van der Waals surface area contributed by atoms with E-state index in [2.05, 4.69) is 20.3 Å². The summed E-state index contributed by atoms with van der Waals surface area (Å²) >= 11 is 0. The fraction of sp³-hybridized carbons (Fsp3) is 0.258. The molecule has 5 aromatic rings. The number of aromatic nitrogens is 5. The first kappa shape index (κ1) is 27.4. The number of benzene rings is 2. The molecule has 11 heteroatoms. The number of carboxylic acid groups (broad SMARTS) is 1. The molecule has 0 saturated heterocycles. The van der Waals surface area contributed by atoms with Crippen LogP contribution in [0.4, 0.5) is 19.0 Å². The lowest BCUT2D eigenvalue weighted by Gasteiger charge is -2.32. The first-order valence-electron chi connectivity index (χ1n) is 13.6. The Morgan fingerprint density at radius 1 is 1.02 bits per heavy atom. The molecule has 3 aromatic heterocycles. The molecule has 2 N–H and O–H groups in total. The van der Waals surface area contributed by atoms with Gasteiger partial charge in [-0.3, -0.25) is 4.98 Å². The van der Waals surface area contributed by atoms with E-state index in [0.717, 1.165) is 42.5 Å². The topological polar surface area (TPSA) is 106 Å². The molecular formula is C31H27F3N6O2. The van der Waals surface area contributed by atoms with Gasteiger partial charge in [0.2, 0.25) is 5.82 Å². The maximum atomic E-state index is 13.2. The molecule has 1 unspecified atom stereocenters. The Morgan fingerprint density at radius 3 is 2.40 bits per heavy atom. The van der Waals surface area contributed by atoms with Crippen LogP contribution >= 0.6 is 0 Å². The van der Waals surface area contributed by atoms with Gasteiger partial charge in [0.1, 0.15) is 11.2 Å². The predicted octanol–water partition coefficient (Wildman–Crippen LogP) is 6.92. The van der Waals surface area contributed by atoms with Gasteiger partial charge in [-0.25, -0.2) is 19.7 Å². The van der Waals surface area contributed by atoms with E-state index in [9.17, 15) is 23.1 Å². The van der Waals surface area contributed by atoms with Crippen molar-refractivity contribution in [3.8, 4) is 22.6 Å². The van der Waals surface area contributed by atoms with E-state index < -0.39 is 23.5 Å². The Bertz CT molecular complexity index is 1750. The van der Waals surface area contributed by atoms with Crippen LogP contribution in [-0.2, 0) is 12.7 Å². The summed E-state index contributed by atoms with van der Waals surface area (Å²) in [5.74, 6) is -0.583. The van der Waals surface area contributed by atoms with Crippen LogP contribution in [0.3, 0.4) is 0 Å². The average molecular weight is 573 g/mol. The third-order valence-electron chi connectivity index (χ3n) is 7.73. The smallest absolute Gasteiger partial charge is 0.416 e. The maximum Gasteiger partial charge on any atom is 0.416 e. The number of pyridine rings is 1. The minimum Gasteiger partial charge on any atom is -0.475 e. The normalized spacial score (nSPS) is 14.5. The third kappa shape index (κ3) is 5.41. The molecule has 0 aliphatic heterocycles. The SMILES string of the molecule is CC(Nc1nc(C(=O)O)nc2nc(-c3cc(-c4ccccc4)ccn3)n(Cc3ccc(C(F)(F)F)cc3)c12)C1CCC1. The molecule has 2 aromatic carbocycles. The Balaban J connectivity index is 1.53. The van der Waals surface area contributed by atoms with Crippen LogP contribution in [0.2, 0.25) is 0 Å². The lowest BCUT2D eigenvalue weighted by atomic mass is 9.80. The zero-order valence-electron chi connectivity index (χ0n) is 22.6. The summed E-state index contributed by atoms with van der Waals surface area (Å²) in [7, 11) is 0. The Kier molecular flexibility index (Phi) is 7.09. The summed E-state index contributed by atoms with van der Waals surface area (Å²) in [6.07, 6.45) is 0.450. The number of fused-ring (bicyclic) bond motifs is 1. The quantitative estimate of drug-likeness (QED) is 0.208. The number of rotatable bonds is 8. The van der Waals surface area contributed by atoms with E-state index in [1.807, 2.05) is 49.4 Å². The van der Waals surface area contributed by atoms with Crippen LogP contribution in [0.5, 0.6) is 0 Å². The molecule has 1 aliphatic carbocycles. The first-order valence-corrected chi connectivity index (χ1v) is 13.6. The van der Waals surface area contributed by atoms with Gasteiger partial charge in [-0.05, 0) is 66.6 Å². The molecule has 0 bridgehead atoms. The van der Waals surface area contributed by atoms with Gasteiger partial charge in [0, 0.05) is 18.8 Å². The number of aromatic carboxylic acids is 1. The highest BCUT2D eigenvalue weighted by Gasteiger charge is 2.31. The second kappa shape index (κ2) is 10.9. The van der Waals surface area contributed by atoms with Crippen molar-refractivity contribution in [2.24, 2.45) is 5.92 Å². The van der Waals surface area contributed by atoms with Crippen molar-refractivity contribution in [3.05, 3.63) is 89.9 Å². The molecule has 8 nitrogen and oxygen atoms in total. The van der Waals surface area contributed by atoms with E-state index >= 15 is 0 Å². The van der Waals surface area contributed by atoms with Crippen molar-refractivity contribution in [2.45, 2.75) is 44.9 Å². The van der Waals surface area contributed by atoms with Crippen LogP contribution in [0.25, 0.3) is 33.8 Å². The number of carboxylic acids is 1. The van der Waals surface area contributed by atoms with Crippen molar-refractivity contribution >= 4 is 23.0 Å². The first-order chi connectivity index (χ1) is 20.2. The molecule has 1 saturated carbocycles. The highest BCUT2D eigenvalue weighted by Crippen LogP contribution is 2.35. The molecule has 0 radical (unpaired) electrons. The second-order valence-electron chi connectivity index (χ2n) is 10.5. The van der Waals surface area contributed by atoms with Crippen molar-refractivity contribution < 1.29 is 23.1 Å². The second-order valence-corrected chi connectivity index (χ2v) is 10.5. The van der Waals surface area contributed by atoms with Crippen LogP contribution in [-0.4, -0.2) is 41.6 Å². The molecular weight excluding hydrogens is 545 g/mol. The highest BCUT2D eigenvalue weighted by atomic mass is 19.4. The lowest BCUT2D eigenvalue weighted by Crippen LogP contribution is -2.31. The van der Waals surface area contributed by atoms with Crippen molar-refractivity contribution in [1.82, 2.24) is 24.5 Å². The maximum absolute atomic E-state index is 13.2. The molecule has 1 aliphatic rings. The third-order valence-corrected chi connectivity index (χ3v) is 7.73.